The molecule has 110 valence electrons. The fourth-order valence-corrected chi connectivity index (χ4v) is 2.56. The average Bonchev–Trinajstić information content (AvgIpc) is 2.34. The molecule has 2 N–H and O–H groups in total. The number of nitrogens with zero attached hydrogens (tertiary/aromatic N) is 1. The second kappa shape index (κ2) is 6.54. The van der Waals surface area contributed by atoms with Crippen LogP contribution in [0.2, 0.25) is 0 Å². The number of alkyl halides is 3. The summed E-state index contributed by atoms with van der Waals surface area (Å²) in [6.45, 7) is 1.96. The molecule has 1 amide bonds. The monoisotopic (exact) mass is 296 g/mol. The van der Waals surface area contributed by atoms with Gasteiger partial charge in [-0.1, -0.05) is 25.6 Å². The first-order valence-electron chi connectivity index (χ1n) is 6.42. The number of carbonyl (C=O) groups excluding carboxylic acids is 1. The highest BCUT2D eigenvalue weighted by molar-refractivity contribution is 7.80. The third kappa shape index (κ3) is 4.33. The standard InChI is InChI=1S/C12H19F3N2OS/c1-2-4-9(10(16)19)11(18)17-6-3-5-8(7-17)12(13,14)15/h8-9H,2-7H2,1H3,(H2,16,19). The van der Waals surface area contributed by atoms with Crippen molar-refractivity contribution in [3.8, 4) is 0 Å². The first-order chi connectivity index (χ1) is 8.77. The van der Waals surface area contributed by atoms with E-state index in [2.05, 4.69) is 0 Å². The summed E-state index contributed by atoms with van der Waals surface area (Å²) in [7, 11) is 0. The van der Waals surface area contributed by atoms with Crippen molar-refractivity contribution in [2.75, 3.05) is 13.1 Å². The van der Waals surface area contributed by atoms with Crippen LogP contribution in [-0.2, 0) is 4.79 Å². The Balaban J connectivity index is 2.73. The molecule has 0 aromatic carbocycles. The fraction of sp³-hybridized carbons (Fsp3) is 0.833. The molecule has 7 heteroatoms. The lowest BCUT2D eigenvalue weighted by Crippen LogP contribution is -2.48. The molecule has 19 heavy (non-hydrogen) atoms. The minimum absolute atomic E-state index is 0.0704. The molecule has 0 aromatic heterocycles. The lowest BCUT2D eigenvalue weighted by Gasteiger charge is -2.35. The number of halogens is 3. The number of nitrogens with two attached hydrogens (primary N) is 1. The molecular formula is C12H19F3N2OS. The van der Waals surface area contributed by atoms with Gasteiger partial charge in [-0.15, -0.1) is 0 Å². The lowest BCUT2D eigenvalue weighted by atomic mass is 9.95. The molecule has 1 saturated heterocycles. The second-order valence-corrected chi connectivity index (χ2v) is 5.38. The Kier molecular flexibility index (Phi) is 5.58. The van der Waals surface area contributed by atoms with E-state index >= 15 is 0 Å². The van der Waals surface area contributed by atoms with Crippen molar-refractivity contribution < 1.29 is 18.0 Å². The summed E-state index contributed by atoms with van der Waals surface area (Å²) in [5.41, 5.74) is 5.51. The van der Waals surface area contributed by atoms with Crippen molar-refractivity contribution in [3.63, 3.8) is 0 Å². The zero-order valence-corrected chi connectivity index (χ0v) is 11.7. The Hall–Kier alpha value is -0.850. The zero-order chi connectivity index (χ0) is 14.6. The summed E-state index contributed by atoms with van der Waals surface area (Å²) in [5, 5.41) is 0. The van der Waals surface area contributed by atoms with Crippen molar-refractivity contribution in [3.05, 3.63) is 0 Å². The molecule has 1 aliphatic heterocycles. The number of thiocarbonyl (C=S) groups is 1. The predicted molar refractivity (Wildman–Crippen MR) is 70.5 cm³/mol. The van der Waals surface area contributed by atoms with Crippen LogP contribution in [0.25, 0.3) is 0 Å². The van der Waals surface area contributed by atoms with Gasteiger partial charge in [0.2, 0.25) is 5.91 Å². The van der Waals surface area contributed by atoms with Crippen LogP contribution in [0.15, 0.2) is 0 Å². The maximum atomic E-state index is 12.7. The molecule has 3 nitrogen and oxygen atoms in total. The normalized spacial score (nSPS) is 22.1. The molecule has 1 rings (SSSR count). The third-order valence-electron chi connectivity index (χ3n) is 3.41. The van der Waals surface area contributed by atoms with Crippen LogP contribution in [0.1, 0.15) is 32.6 Å². The number of hydrogen-bond acceptors (Lipinski definition) is 2. The number of amides is 1. The highest BCUT2D eigenvalue weighted by Crippen LogP contribution is 2.33. The second-order valence-electron chi connectivity index (χ2n) is 4.91. The molecule has 0 aliphatic carbocycles. The van der Waals surface area contributed by atoms with E-state index in [-0.39, 0.29) is 23.9 Å². The van der Waals surface area contributed by atoms with E-state index in [4.69, 9.17) is 18.0 Å². The summed E-state index contributed by atoms with van der Waals surface area (Å²) < 4.78 is 38.1. The molecule has 2 unspecified atom stereocenters. The van der Waals surface area contributed by atoms with Gasteiger partial charge in [-0.2, -0.15) is 13.2 Å². The quantitative estimate of drug-likeness (QED) is 0.811. The largest absolute Gasteiger partial charge is 0.393 e. The molecular weight excluding hydrogens is 277 g/mol. The smallest absolute Gasteiger partial charge is 0.393 e. The first kappa shape index (κ1) is 16.2. The van der Waals surface area contributed by atoms with Crippen LogP contribution in [0.5, 0.6) is 0 Å². The van der Waals surface area contributed by atoms with Crippen LogP contribution in [-0.4, -0.2) is 35.1 Å². The van der Waals surface area contributed by atoms with Gasteiger partial charge >= 0.3 is 6.18 Å². The Morgan fingerprint density at radius 3 is 2.63 bits per heavy atom. The molecule has 0 bridgehead atoms. The van der Waals surface area contributed by atoms with Gasteiger partial charge in [0.25, 0.3) is 0 Å². The Bertz CT molecular complexity index is 346. The average molecular weight is 296 g/mol. The Labute approximate surface area is 116 Å². The lowest BCUT2D eigenvalue weighted by molar-refractivity contribution is -0.188. The number of rotatable bonds is 4. The van der Waals surface area contributed by atoms with Crippen molar-refractivity contribution in [2.24, 2.45) is 17.6 Å². The number of carbonyl (C=O) groups is 1. The van der Waals surface area contributed by atoms with Crippen molar-refractivity contribution in [2.45, 2.75) is 38.8 Å². The predicted octanol–water partition coefficient (Wildman–Crippen LogP) is 2.49. The highest BCUT2D eigenvalue weighted by Gasteiger charge is 2.43. The summed E-state index contributed by atoms with van der Waals surface area (Å²) in [6, 6.07) is 0. The van der Waals surface area contributed by atoms with E-state index in [1.165, 1.54) is 4.90 Å². The van der Waals surface area contributed by atoms with E-state index in [0.29, 0.717) is 25.8 Å². The van der Waals surface area contributed by atoms with Gasteiger partial charge in [0.15, 0.2) is 0 Å². The summed E-state index contributed by atoms with van der Waals surface area (Å²) >= 11 is 4.84. The summed E-state index contributed by atoms with van der Waals surface area (Å²) in [4.78, 5) is 13.5. The first-order valence-corrected chi connectivity index (χ1v) is 6.83. The van der Waals surface area contributed by atoms with Crippen molar-refractivity contribution in [1.82, 2.24) is 4.90 Å². The van der Waals surface area contributed by atoms with Gasteiger partial charge in [0.05, 0.1) is 16.8 Å². The van der Waals surface area contributed by atoms with Crippen LogP contribution in [0.3, 0.4) is 0 Å². The van der Waals surface area contributed by atoms with E-state index in [1.54, 1.807) is 0 Å². The molecule has 0 radical (unpaired) electrons. The van der Waals surface area contributed by atoms with Gasteiger partial charge in [0, 0.05) is 13.1 Å². The summed E-state index contributed by atoms with van der Waals surface area (Å²) in [6.07, 6.45) is -2.60. The Morgan fingerprint density at radius 2 is 2.16 bits per heavy atom. The topological polar surface area (TPSA) is 46.3 Å². The van der Waals surface area contributed by atoms with E-state index in [0.717, 1.165) is 0 Å². The van der Waals surface area contributed by atoms with Crippen LogP contribution in [0, 0.1) is 11.8 Å². The van der Waals surface area contributed by atoms with Gasteiger partial charge in [0.1, 0.15) is 0 Å². The maximum absolute atomic E-state index is 12.7. The molecule has 1 fully saturated rings. The minimum atomic E-state index is -4.25. The van der Waals surface area contributed by atoms with Crippen molar-refractivity contribution in [1.29, 1.82) is 0 Å². The molecule has 0 spiro atoms. The van der Waals surface area contributed by atoms with Gasteiger partial charge in [-0.05, 0) is 19.3 Å². The zero-order valence-electron chi connectivity index (χ0n) is 10.9. The number of hydrogen-bond donors (Lipinski definition) is 1. The maximum Gasteiger partial charge on any atom is 0.393 e. The molecule has 0 aromatic rings. The Morgan fingerprint density at radius 1 is 1.53 bits per heavy atom. The molecule has 1 aliphatic rings. The number of piperidine rings is 1. The summed E-state index contributed by atoms with van der Waals surface area (Å²) in [5.74, 6) is -2.42. The van der Waals surface area contributed by atoms with E-state index in [9.17, 15) is 18.0 Å². The highest BCUT2D eigenvalue weighted by atomic mass is 32.1. The number of likely N-dealkylation sites (tertiary alicyclic amines) is 1. The molecule has 2 atom stereocenters. The van der Waals surface area contributed by atoms with Crippen LogP contribution in [0.4, 0.5) is 13.2 Å². The van der Waals surface area contributed by atoms with Gasteiger partial charge in [-0.3, -0.25) is 4.79 Å². The SMILES string of the molecule is CCCC(C(=O)N1CCCC(C(F)(F)F)C1)C(N)=S. The molecule has 1 heterocycles. The molecule has 0 saturated carbocycles. The van der Waals surface area contributed by atoms with E-state index < -0.39 is 18.0 Å². The van der Waals surface area contributed by atoms with Crippen molar-refractivity contribution >= 4 is 23.1 Å². The van der Waals surface area contributed by atoms with Crippen LogP contribution >= 0.6 is 12.2 Å². The van der Waals surface area contributed by atoms with Gasteiger partial charge in [-0.25, -0.2) is 0 Å². The fourth-order valence-electron chi connectivity index (χ4n) is 2.34. The van der Waals surface area contributed by atoms with E-state index in [1.807, 2.05) is 6.92 Å². The third-order valence-corrected chi connectivity index (χ3v) is 3.70. The van der Waals surface area contributed by atoms with Gasteiger partial charge < -0.3 is 10.6 Å². The minimum Gasteiger partial charge on any atom is -0.393 e. The van der Waals surface area contributed by atoms with Crippen LogP contribution < -0.4 is 5.73 Å².